The van der Waals surface area contributed by atoms with Gasteiger partial charge in [-0.25, -0.2) is 9.07 Å². The van der Waals surface area contributed by atoms with Gasteiger partial charge in [0.1, 0.15) is 17.2 Å². The number of aromatic nitrogens is 3. The molecule has 0 atom stereocenters. The number of nitrogens with zero attached hydrogens (tertiary/aromatic N) is 2. The van der Waals surface area contributed by atoms with E-state index in [1.807, 2.05) is 42.5 Å². The van der Waals surface area contributed by atoms with E-state index >= 15 is 0 Å². The lowest BCUT2D eigenvalue weighted by molar-refractivity contribution is 0.199. The number of nitrogens with one attached hydrogen (secondary N) is 2. The summed E-state index contributed by atoms with van der Waals surface area (Å²) in [4.78, 5) is 15.6. The van der Waals surface area contributed by atoms with Crippen LogP contribution in [0.5, 0.6) is 0 Å². The van der Waals surface area contributed by atoms with Crippen molar-refractivity contribution in [3.05, 3.63) is 82.4 Å². The molecule has 0 saturated heterocycles. The Hall–Kier alpha value is -3.29. The first kappa shape index (κ1) is 19.0. The maximum Gasteiger partial charge on any atom is 0.254 e. The van der Waals surface area contributed by atoms with Gasteiger partial charge in [-0.1, -0.05) is 30.3 Å². The topological polar surface area (TPSA) is 71.9 Å². The smallest absolute Gasteiger partial charge is 0.254 e. The van der Waals surface area contributed by atoms with Crippen molar-refractivity contribution in [2.75, 3.05) is 20.3 Å². The fourth-order valence-electron chi connectivity index (χ4n) is 3.25. The van der Waals surface area contributed by atoms with Gasteiger partial charge in [0.15, 0.2) is 0 Å². The van der Waals surface area contributed by atoms with E-state index in [0.29, 0.717) is 42.2 Å². The van der Waals surface area contributed by atoms with E-state index in [4.69, 9.17) is 9.84 Å². The standard InChI is InChI=1S/C22H21FN4O2/c1-29-11-10-24-14-16-13-19-20(15-6-5-7-17(23)12-15)26-27(21(19)25-22(16)28)18-8-3-2-4-9-18/h2-9,12-13,24H,10-11,14H2,1H3,(H,25,28). The van der Waals surface area contributed by atoms with E-state index in [1.165, 1.54) is 12.1 Å². The first-order valence-electron chi connectivity index (χ1n) is 9.33. The molecule has 2 heterocycles. The molecule has 4 rings (SSSR count). The second-order valence-electron chi connectivity index (χ2n) is 6.66. The Kier molecular flexibility index (Phi) is 5.50. The summed E-state index contributed by atoms with van der Waals surface area (Å²) in [6, 6.07) is 17.6. The first-order valence-corrected chi connectivity index (χ1v) is 9.33. The van der Waals surface area contributed by atoms with Gasteiger partial charge in [-0.05, 0) is 30.3 Å². The molecule has 0 bridgehead atoms. The van der Waals surface area contributed by atoms with Crippen molar-refractivity contribution in [3.63, 3.8) is 0 Å². The largest absolute Gasteiger partial charge is 0.383 e. The summed E-state index contributed by atoms with van der Waals surface area (Å²) in [5.74, 6) is -0.337. The van der Waals surface area contributed by atoms with Gasteiger partial charge in [0.05, 0.1) is 12.3 Å². The van der Waals surface area contributed by atoms with Gasteiger partial charge in [0.2, 0.25) is 0 Å². The van der Waals surface area contributed by atoms with Gasteiger partial charge in [-0.2, -0.15) is 5.10 Å². The second kappa shape index (κ2) is 8.38. The molecule has 2 N–H and O–H groups in total. The molecule has 0 radical (unpaired) electrons. The Bertz CT molecular complexity index is 1180. The lowest BCUT2D eigenvalue weighted by Crippen LogP contribution is -2.24. The number of hydrogen-bond donors (Lipinski definition) is 2. The molecule has 0 fully saturated rings. The van der Waals surface area contributed by atoms with Crippen LogP contribution in [-0.4, -0.2) is 35.0 Å². The second-order valence-corrected chi connectivity index (χ2v) is 6.66. The third kappa shape index (κ3) is 3.96. The Balaban J connectivity index is 1.87. The van der Waals surface area contributed by atoms with E-state index in [1.54, 1.807) is 17.9 Å². The van der Waals surface area contributed by atoms with E-state index < -0.39 is 0 Å². The number of halogens is 1. The number of benzene rings is 2. The summed E-state index contributed by atoms with van der Waals surface area (Å²) >= 11 is 0. The molecule has 4 aromatic rings. The van der Waals surface area contributed by atoms with Crippen molar-refractivity contribution in [3.8, 4) is 16.9 Å². The normalized spacial score (nSPS) is 11.2. The highest BCUT2D eigenvalue weighted by molar-refractivity contribution is 5.92. The number of ether oxygens (including phenoxy) is 1. The lowest BCUT2D eigenvalue weighted by Gasteiger charge is -2.05. The minimum Gasteiger partial charge on any atom is -0.383 e. The molecule has 0 amide bonds. The molecule has 7 heteroatoms. The van der Waals surface area contributed by atoms with E-state index in [2.05, 4.69) is 10.3 Å². The monoisotopic (exact) mass is 392 g/mol. The number of fused-ring (bicyclic) bond motifs is 1. The molecule has 2 aromatic carbocycles. The minimum atomic E-state index is -0.337. The summed E-state index contributed by atoms with van der Waals surface area (Å²) in [7, 11) is 1.63. The number of methoxy groups -OCH3 is 1. The van der Waals surface area contributed by atoms with Crippen LogP contribution in [0.2, 0.25) is 0 Å². The maximum absolute atomic E-state index is 13.9. The Morgan fingerprint density at radius 1 is 1.14 bits per heavy atom. The molecule has 0 aliphatic rings. The number of aromatic amines is 1. The van der Waals surface area contributed by atoms with Crippen LogP contribution in [-0.2, 0) is 11.3 Å². The van der Waals surface area contributed by atoms with Gasteiger partial charge in [-0.3, -0.25) is 4.79 Å². The maximum atomic E-state index is 13.9. The van der Waals surface area contributed by atoms with Crippen molar-refractivity contribution in [1.82, 2.24) is 20.1 Å². The summed E-state index contributed by atoms with van der Waals surface area (Å²) in [6.07, 6.45) is 0. The Labute approximate surface area is 167 Å². The predicted molar refractivity (Wildman–Crippen MR) is 111 cm³/mol. The van der Waals surface area contributed by atoms with Crippen molar-refractivity contribution >= 4 is 11.0 Å². The minimum absolute atomic E-state index is 0.190. The van der Waals surface area contributed by atoms with Gasteiger partial charge < -0.3 is 15.0 Å². The average Bonchev–Trinajstić information content (AvgIpc) is 3.10. The highest BCUT2D eigenvalue weighted by Gasteiger charge is 2.17. The zero-order valence-electron chi connectivity index (χ0n) is 16.0. The van der Waals surface area contributed by atoms with Crippen molar-refractivity contribution in [2.24, 2.45) is 0 Å². The lowest BCUT2D eigenvalue weighted by atomic mass is 10.1. The number of pyridine rings is 1. The Morgan fingerprint density at radius 2 is 1.97 bits per heavy atom. The fraction of sp³-hybridized carbons (Fsp3) is 0.182. The number of rotatable bonds is 7. The average molecular weight is 392 g/mol. The highest BCUT2D eigenvalue weighted by atomic mass is 19.1. The molecule has 0 aliphatic heterocycles. The van der Waals surface area contributed by atoms with Gasteiger partial charge >= 0.3 is 0 Å². The number of H-pyrrole nitrogens is 1. The van der Waals surface area contributed by atoms with Crippen LogP contribution >= 0.6 is 0 Å². The third-order valence-corrected chi connectivity index (χ3v) is 4.66. The Morgan fingerprint density at radius 3 is 2.72 bits per heavy atom. The summed E-state index contributed by atoms with van der Waals surface area (Å²) in [5.41, 5.74) is 3.03. The summed E-state index contributed by atoms with van der Waals surface area (Å²) < 4.78 is 20.6. The van der Waals surface area contributed by atoms with Crippen LogP contribution in [0.4, 0.5) is 4.39 Å². The molecule has 0 aliphatic carbocycles. The molecule has 0 spiro atoms. The molecule has 2 aromatic heterocycles. The van der Waals surface area contributed by atoms with E-state index in [9.17, 15) is 9.18 Å². The quantitative estimate of drug-likeness (QED) is 0.474. The van der Waals surface area contributed by atoms with E-state index in [-0.39, 0.29) is 11.4 Å². The van der Waals surface area contributed by atoms with Crippen LogP contribution in [0.25, 0.3) is 28.0 Å². The van der Waals surface area contributed by atoms with Crippen LogP contribution < -0.4 is 10.9 Å². The van der Waals surface area contributed by atoms with Crippen molar-refractivity contribution < 1.29 is 9.13 Å². The zero-order valence-corrected chi connectivity index (χ0v) is 16.0. The number of para-hydroxylation sites is 1. The summed E-state index contributed by atoms with van der Waals surface area (Å²) in [5, 5.41) is 8.64. The molecular weight excluding hydrogens is 371 g/mol. The van der Waals surface area contributed by atoms with Gasteiger partial charge in [-0.15, -0.1) is 0 Å². The molecule has 29 heavy (non-hydrogen) atoms. The van der Waals surface area contributed by atoms with Crippen LogP contribution in [0.15, 0.2) is 65.5 Å². The van der Waals surface area contributed by atoms with Gasteiger partial charge in [0.25, 0.3) is 5.56 Å². The van der Waals surface area contributed by atoms with Crippen molar-refractivity contribution in [1.29, 1.82) is 0 Å². The predicted octanol–water partition coefficient (Wildman–Crippen LogP) is 3.26. The van der Waals surface area contributed by atoms with Crippen molar-refractivity contribution in [2.45, 2.75) is 6.54 Å². The third-order valence-electron chi connectivity index (χ3n) is 4.66. The first-order chi connectivity index (χ1) is 14.2. The molecule has 6 nitrogen and oxygen atoms in total. The van der Waals surface area contributed by atoms with Crippen LogP contribution in [0.1, 0.15) is 5.56 Å². The van der Waals surface area contributed by atoms with E-state index in [0.717, 1.165) is 11.1 Å². The van der Waals surface area contributed by atoms with Crippen LogP contribution in [0.3, 0.4) is 0 Å². The molecule has 0 saturated carbocycles. The fourth-order valence-corrected chi connectivity index (χ4v) is 3.25. The number of hydrogen-bond acceptors (Lipinski definition) is 4. The molecule has 0 unspecified atom stereocenters. The molecular formula is C22H21FN4O2. The van der Waals surface area contributed by atoms with Crippen LogP contribution in [0, 0.1) is 5.82 Å². The zero-order chi connectivity index (χ0) is 20.2. The molecule has 148 valence electrons. The highest BCUT2D eigenvalue weighted by Crippen LogP contribution is 2.29. The SMILES string of the molecule is COCCNCc1cc2c(-c3cccc(F)c3)nn(-c3ccccc3)c2[nH]c1=O. The van der Waals surface area contributed by atoms with Gasteiger partial charge in [0, 0.05) is 36.7 Å². The summed E-state index contributed by atoms with van der Waals surface area (Å²) in [6.45, 7) is 1.59.